The Hall–Kier alpha value is -1.95. The van der Waals surface area contributed by atoms with Gasteiger partial charge in [-0.1, -0.05) is 0 Å². The molecule has 0 spiro atoms. The van der Waals surface area contributed by atoms with Crippen molar-refractivity contribution in [2.45, 2.75) is 59.2 Å². The van der Waals surface area contributed by atoms with Gasteiger partial charge in [-0.15, -0.1) is 0 Å². The Morgan fingerprint density at radius 2 is 1.96 bits per heavy atom. The van der Waals surface area contributed by atoms with E-state index in [0.29, 0.717) is 19.7 Å². The largest absolute Gasteiger partial charge is 0.490 e. The molecule has 2 aliphatic heterocycles. The predicted octanol–water partition coefficient (Wildman–Crippen LogP) is 3.56. The molecular formula is C22H34N2O4. The van der Waals surface area contributed by atoms with E-state index < -0.39 is 5.60 Å². The molecule has 2 aliphatic rings. The van der Waals surface area contributed by atoms with Crippen molar-refractivity contribution < 1.29 is 19.0 Å². The maximum Gasteiger partial charge on any atom is 0.410 e. The van der Waals surface area contributed by atoms with Crippen LogP contribution in [0, 0.1) is 6.92 Å². The fourth-order valence-corrected chi connectivity index (χ4v) is 4.02. The minimum absolute atomic E-state index is 0.159. The Morgan fingerprint density at radius 1 is 1.25 bits per heavy atom. The van der Waals surface area contributed by atoms with E-state index in [1.165, 1.54) is 22.4 Å². The monoisotopic (exact) mass is 390 g/mol. The van der Waals surface area contributed by atoms with Gasteiger partial charge < -0.3 is 24.0 Å². The minimum atomic E-state index is -0.475. The molecule has 0 radical (unpaired) electrons. The number of hydrogen-bond acceptors (Lipinski definition) is 5. The van der Waals surface area contributed by atoms with Gasteiger partial charge >= 0.3 is 6.09 Å². The van der Waals surface area contributed by atoms with E-state index in [2.05, 4.69) is 24.8 Å². The number of amides is 1. The first-order valence-corrected chi connectivity index (χ1v) is 10.2. The number of rotatable bonds is 3. The summed E-state index contributed by atoms with van der Waals surface area (Å²) in [5, 5.41) is 0. The third kappa shape index (κ3) is 4.54. The van der Waals surface area contributed by atoms with Crippen LogP contribution in [-0.2, 0) is 22.3 Å². The Balaban J connectivity index is 1.84. The molecule has 6 heteroatoms. The third-order valence-corrected chi connectivity index (χ3v) is 5.48. The zero-order valence-electron chi connectivity index (χ0n) is 18.1. The highest BCUT2D eigenvalue weighted by Gasteiger charge is 2.29. The molecule has 1 amide bonds. The van der Waals surface area contributed by atoms with Crippen LogP contribution in [0.5, 0.6) is 5.75 Å². The Labute approximate surface area is 168 Å². The van der Waals surface area contributed by atoms with Gasteiger partial charge in [-0.3, -0.25) is 0 Å². The lowest BCUT2D eigenvalue weighted by molar-refractivity contribution is 0.0258. The lowest BCUT2D eigenvalue weighted by atomic mass is 9.94. The molecule has 28 heavy (non-hydrogen) atoms. The third-order valence-electron chi connectivity index (χ3n) is 5.48. The van der Waals surface area contributed by atoms with Crippen LogP contribution in [-0.4, -0.2) is 62.6 Å². The maximum absolute atomic E-state index is 12.5. The summed E-state index contributed by atoms with van der Waals surface area (Å²) in [6.07, 6.45) is 1.59. The first-order valence-electron chi connectivity index (χ1n) is 10.2. The molecular weight excluding hydrogens is 356 g/mol. The molecule has 6 nitrogen and oxygen atoms in total. The number of fused-ring (bicyclic) bond motifs is 2. The van der Waals surface area contributed by atoms with Crippen LogP contribution < -0.4 is 9.64 Å². The fraction of sp³-hybridized carbons (Fsp3) is 0.682. The summed E-state index contributed by atoms with van der Waals surface area (Å²) >= 11 is 0. The van der Waals surface area contributed by atoms with Gasteiger partial charge in [-0.25, -0.2) is 4.79 Å². The smallest absolute Gasteiger partial charge is 0.410 e. The summed E-state index contributed by atoms with van der Waals surface area (Å²) in [4.78, 5) is 16.7. The number of ether oxygens (including phenoxy) is 3. The predicted molar refractivity (Wildman–Crippen MR) is 111 cm³/mol. The van der Waals surface area contributed by atoms with Crippen LogP contribution in [0.1, 0.15) is 44.4 Å². The highest BCUT2D eigenvalue weighted by atomic mass is 16.6. The zero-order valence-corrected chi connectivity index (χ0v) is 18.1. The zero-order chi connectivity index (χ0) is 20.5. The van der Waals surface area contributed by atoms with E-state index in [1.54, 1.807) is 7.11 Å². The lowest BCUT2D eigenvalue weighted by Crippen LogP contribution is -2.39. The molecule has 0 N–H and O–H groups in total. The molecule has 1 aromatic carbocycles. The van der Waals surface area contributed by atoms with Crippen molar-refractivity contribution in [2.75, 3.05) is 44.8 Å². The Morgan fingerprint density at radius 3 is 2.64 bits per heavy atom. The Bertz CT molecular complexity index is 726. The van der Waals surface area contributed by atoms with Crippen molar-refractivity contribution in [3.8, 4) is 5.75 Å². The molecule has 3 rings (SSSR count). The van der Waals surface area contributed by atoms with Crippen molar-refractivity contribution in [1.29, 1.82) is 0 Å². The summed E-state index contributed by atoms with van der Waals surface area (Å²) in [5.41, 5.74) is 4.59. The van der Waals surface area contributed by atoms with E-state index in [0.717, 1.165) is 31.7 Å². The molecule has 0 aromatic heterocycles. The van der Waals surface area contributed by atoms with Crippen molar-refractivity contribution in [2.24, 2.45) is 0 Å². The molecule has 1 aromatic rings. The number of methoxy groups -OCH3 is 1. The fourth-order valence-electron chi connectivity index (χ4n) is 4.02. The SMILES string of the molecule is CO[C@@H](C)CN1CCOc2cc3c(c(C)c21)CCN(C(=O)OC(C)(C)C)CC3. The van der Waals surface area contributed by atoms with E-state index in [9.17, 15) is 4.79 Å². The van der Waals surface area contributed by atoms with Crippen LogP contribution in [0.4, 0.5) is 10.5 Å². The van der Waals surface area contributed by atoms with Gasteiger partial charge in [-0.05, 0) is 70.2 Å². The van der Waals surface area contributed by atoms with E-state index in [4.69, 9.17) is 14.2 Å². The number of hydrogen-bond donors (Lipinski definition) is 0. The first kappa shape index (κ1) is 20.8. The number of benzene rings is 1. The van der Waals surface area contributed by atoms with E-state index in [-0.39, 0.29) is 12.2 Å². The van der Waals surface area contributed by atoms with Gasteiger partial charge in [0.05, 0.1) is 18.3 Å². The molecule has 0 bridgehead atoms. The normalized spacial score (nSPS) is 17.9. The van der Waals surface area contributed by atoms with Gasteiger partial charge in [0.15, 0.2) is 0 Å². The van der Waals surface area contributed by atoms with Crippen LogP contribution >= 0.6 is 0 Å². The van der Waals surface area contributed by atoms with Crippen LogP contribution in [0.15, 0.2) is 6.07 Å². The molecule has 0 aliphatic carbocycles. The average molecular weight is 391 g/mol. The molecule has 0 fully saturated rings. The molecule has 2 heterocycles. The summed E-state index contributed by atoms with van der Waals surface area (Å²) in [6.45, 7) is 13.7. The highest BCUT2D eigenvalue weighted by Crippen LogP contribution is 2.40. The highest BCUT2D eigenvalue weighted by molar-refractivity contribution is 5.71. The quantitative estimate of drug-likeness (QED) is 0.790. The van der Waals surface area contributed by atoms with Crippen LogP contribution in [0.2, 0.25) is 0 Å². The van der Waals surface area contributed by atoms with Crippen molar-refractivity contribution in [1.82, 2.24) is 4.90 Å². The molecule has 1 atom stereocenters. The van der Waals surface area contributed by atoms with Crippen molar-refractivity contribution in [3.63, 3.8) is 0 Å². The summed E-state index contributed by atoms with van der Waals surface area (Å²) in [6, 6.07) is 2.18. The van der Waals surface area contributed by atoms with Crippen LogP contribution in [0.3, 0.4) is 0 Å². The second-order valence-electron chi connectivity index (χ2n) is 8.79. The molecule has 0 saturated carbocycles. The molecule has 0 saturated heterocycles. The summed E-state index contributed by atoms with van der Waals surface area (Å²) in [5.74, 6) is 0.955. The summed E-state index contributed by atoms with van der Waals surface area (Å²) in [7, 11) is 1.75. The lowest BCUT2D eigenvalue weighted by Gasteiger charge is -2.35. The van der Waals surface area contributed by atoms with E-state index >= 15 is 0 Å². The van der Waals surface area contributed by atoms with Crippen LogP contribution in [0.25, 0.3) is 0 Å². The number of anilines is 1. The van der Waals surface area contributed by atoms with Gasteiger partial charge in [0.1, 0.15) is 18.0 Å². The number of carbonyl (C=O) groups is 1. The van der Waals surface area contributed by atoms with Crippen molar-refractivity contribution >= 4 is 11.8 Å². The first-order chi connectivity index (χ1) is 13.2. The van der Waals surface area contributed by atoms with Gasteiger partial charge in [-0.2, -0.15) is 0 Å². The van der Waals surface area contributed by atoms with Gasteiger partial charge in [0, 0.05) is 26.7 Å². The average Bonchev–Trinajstić information content (AvgIpc) is 2.83. The second-order valence-corrected chi connectivity index (χ2v) is 8.79. The maximum atomic E-state index is 12.5. The van der Waals surface area contributed by atoms with Crippen molar-refractivity contribution in [3.05, 3.63) is 22.8 Å². The topological polar surface area (TPSA) is 51.2 Å². The second kappa shape index (κ2) is 8.19. The van der Waals surface area contributed by atoms with Gasteiger partial charge in [0.25, 0.3) is 0 Å². The molecule has 156 valence electrons. The molecule has 0 unspecified atom stereocenters. The number of nitrogens with zero attached hydrogens (tertiary/aromatic N) is 2. The standard InChI is InChI=1S/C22H34N2O4/c1-15(26-6)14-24-11-12-27-19-13-17-7-9-23(21(25)28-22(3,4)5)10-8-18(17)16(2)20(19)24/h13,15H,7-12,14H2,1-6H3/t15-/m0/s1. The minimum Gasteiger partial charge on any atom is -0.490 e. The van der Waals surface area contributed by atoms with E-state index in [1.807, 2.05) is 25.7 Å². The number of carbonyl (C=O) groups excluding carboxylic acids is 1. The summed E-state index contributed by atoms with van der Waals surface area (Å²) < 4.78 is 17.1. The van der Waals surface area contributed by atoms with Gasteiger partial charge in [0.2, 0.25) is 0 Å². The Kier molecular flexibility index (Phi) is 6.08.